The van der Waals surface area contributed by atoms with Gasteiger partial charge < -0.3 is 15.6 Å². The van der Waals surface area contributed by atoms with Gasteiger partial charge in [-0.1, -0.05) is 25.4 Å². The fraction of sp³-hybridized carbons (Fsp3) is 0.500. The lowest BCUT2D eigenvalue weighted by atomic mass is 9.88. The highest BCUT2D eigenvalue weighted by atomic mass is 35.5. The third-order valence-corrected chi connectivity index (χ3v) is 3.22. The minimum absolute atomic E-state index is 0.102. The molecule has 0 spiro atoms. The van der Waals surface area contributed by atoms with Crippen LogP contribution in [0.2, 0.25) is 5.02 Å². The average molecular weight is 322 g/mol. The Labute approximate surface area is 126 Å². The lowest BCUT2D eigenvalue weighted by Crippen LogP contribution is -2.25. The van der Waals surface area contributed by atoms with Crippen LogP contribution in [-0.2, 0) is 4.74 Å². The zero-order chi connectivity index (χ0) is 16.2. The van der Waals surface area contributed by atoms with Gasteiger partial charge in [0, 0.05) is 10.9 Å². The molecule has 0 saturated carbocycles. The molecule has 4 nitrogen and oxygen atoms in total. The summed E-state index contributed by atoms with van der Waals surface area (Å²) in [4.78, 5) is 10.7. The highest BCUT2D eigenvalue weighted by molar-refractivity contribution is 6.30. The molecule has 0 bridgehead atoms. The van der Waals surface area contributed by atoms with Crippen molar-refractivity contribution in [2.45, 2.75) is 26.4 Å². The summed E-state index contributed by atoms with van der Waals surface area (Å²) in [5, 5.41) is 10.1. The largest absolute Gasteiger partial charge is 0.449 e. The normalized spacial score (nSPS) is 14.0. The van der Waals surface area contributed by atoms with Crippen molar-refractivity contribution in [3.63, 3.8) is 0 Å². The molecule has 118 valence electrons. The van der Waals surface area contributed by atoms with E-state index in [2.05, 4.69) is 4.74 Å². The van der Waals surface area contributed by atoms with E-state index in [4.69, 9.17) is 17.3 Å². The number of primary amides is 1. The molecule has 0 fully saturated rings. The van der Waals surface area contributed by atoms with E-state index in [0.29, 0.717) is 6.42 Å². The number of aliphatic hydroxyl groups is 1. The molecule has 0 aromatic heterocycles. The number of ether oxygens (including phenoxy) is 1. The predicted octanol–water partition coefficient (Wildman–Crippen LogP) is 3.41. The third kappa shape index (κ3) is 5.13. The third-order valence-electron chi connectivity index (χ3n) is 3.00. The number of aliphatic hydroxyl groups excluding tert-OH is 1. The molecule has 0 heterocycles. The molecule has 7 heteroatoms. The molecule has 1 rings (SSSR count). The Bertz CT molecular complexity index is 488. The first-order valence-electron chi connectivity index (χ1n) is 6.47. The fourth-order valence-electron chi connectivity index (χ4n) is 2.15. The van der Waals surface area contributed by atoms with Crippen molar-refractivity contribution in [3.8, 4) is 0 Å². The van der Waals surface area contributed by atoms with Crippen molar-refractivity contribution in [2.24, 2.45) is 17.6 Å². The standard InChI is InChI=1S/C14H18ClF2NO3/c1-7(2)3-8(6-21-14(18)20)13(19)12-10(16)4-9(15)5-11(12)17/h4-5,7-8,13,19H,3,6H2,1-2H3,(H2,18,20). The van der Waals surface area contributed by atoms with Gasteiger partial charge in [-0.15, -0.1) is 0 Å². The number of amides is 1. The quantitative estimate of drug-likeness (QED) is 0.843. The van der Waals surface area contributed by atoms with Crippen LogP contribution in [0, 0.1) is 23.5 Å². The molecule has 0 aliphatic heterocycles. The number of nitrogens with two attached hydrogens (primary N) is 1. The molecule has 0 radical (unpaired) electrons. The first-order valence-corrected chi connectivity index (χ1v) is 6.84. The lowest BCUT2D eigenvalue weighted by Gasteiger charge is -2.25. The molecule has 0 saturated heterocycles. The number of benzene rings is 1. The Morgan fingerprint density at radius 1 is 1.38 bits per heavy atom. The second-order valence-corrected chi connectivity index (χ2v) is 5.68. The maximum absolute atomic E-state index is 13.8. The van der Waals surface area contributed by atoms with Gasteiger partial charge in [0.2, 0.25) is 0 Å². The molecule has 0 aliphatic carbocycles. The van der Waals surface area contributed by atoms with Crippen molar-refractivity contribution < 1.29 is 23.4 Å². The summed E-state index contributed by atoms with van der Waals surface area (Å²) < 4.78 is 32.3. The van der Waals surface area contributed by atoms with Gasteiger partial charge in [0.1, 0.15) is 11.6 Å². The molecule has 21 heavy (non-hydrogen) atoms. The minimum Gasteiger partial charge on any atom is -0.449 e. The minimum atomic E-state index is -1.47. The number of carbonyl (C=O) groups is 1. The molecular weight excluding hydrogens is 304 g/mol. The highest BCUT2D eigenvalue weighted by Gasteiger charge is 2.28. The van der Waals surface area contributed by atoms with Crippen molar-refractivity contribution >= 4 is 17.7 Å². The molecule has 1 amide bonds. The smallest absolute Gasteiger partial charge is 0.404 e. The van der Waals surface area contributed by atoms with E-state index in [1.807, 2.05) is 13.8 Å². The summed E-state index contributed by atoms with van der Waals surface area (Å²) in [6.45, 7) is 3.52. The Hall–Kier alpha value is -1.40. The predicted molar refractivity (Wildman–Crippen MR) is 74.8 cm³/mol. The Morgan fingerprint density at radius 2 is 1.90 bits per heavy atom. The molecule has 2 unspecified atom stereocenters. The van der Waals surface area contributed by atoms with Gasteiger partial charge in [-0.05, 0) is 24.5 Å². The van der Waals surface area contributed by atoms with Crippen molar-refractivity contribution in [2.75, 3.05) is 6.61 Å². The summed E-state index contributed by atoms with van der Waals surface area (Å²) in [6.07, 6.45) is -2.08. The molecule has 0 aliphatic rings. The van der Waals surface area contributed by atoms with Gasteiger partial charge in [-0.2, -0.15) is 0 Å². The molecule has 3 N–H and O–H groups in total. The van der Waals surface area contributed by atoms with Crippen LogP contribution >= 0.6 is 11.6 Å². The van der Waals surface area contributed by atoms with Crippen LogP contribution in [0.4, 0.5) is 13.6 Å². The van der Waals surface area contributed by atoms with Crippen LogP contribution in [0.25, 0.3) is 0 Å². The first-order chi connectivity index (χ1) is 9.72. The summed E-state index contributed by atoms with van der Waals surface area (Å²) >= 11 is 5.55. The van der Waals surface area contributed by atoms with Crippen molar-refractivity contribution in [3.05, 3.63) is 34.4 Å². The Balaban J connectivity index is 3.03. The van der Waals surface area contributed by atoms with E-state index in [0.717, 1.165) is 12.1 Å². The molecular formula is C14H18ClF2NO3. The van der Waals surface area contributed by atoms with Crippen LogP contribution in [0.15, 0.2) is 12.1 Å². The van der Waals surface area contributed by atoms with E-state index < -0.39 is 35.3 Å². The zero-order valence-electron chi connectivity index (χ0n) is 11.8. The van der Waals surface area contributed by atoms with Gasteiger partial charge in [0.25, 0.3) is 0 Å². The number of halogens is 3. The second-order valence-electron chi connectivity index (χ2n) is 5.25. The zero-order valence-corrected chi connectivity index (χ0v) is 12.5. The Kier molecular flexibility index (Phi) is 6.36. The number of carbonyl (C=O) groups excluding carboxylic acids is 1. The Morgan fingerprint density at radius 3 is 2.33 bits per heavy atom. The fourth-order valence-corrected chi connectivity index (χ4v) is 2.35. The summed E-state index contributed by atoms with van der Waals surface area (Å²) in [6, 6.07) is 1.84. The van der Waals surface area contributed by atoms with Crippen LogP contribution in [0.3, 0.4) is 0 Å². The SMILES string of the molecule is CC(C)CC(COC(N)=O)C(O)c1c(F)cc(Cl)cc1F. The van der Waals surface area contributed by atoms with Crippen LogP contribution < -0.4 is 5.73 Å². The lowest BCUT2D eigenvalue weighted by molar-refractivity contribution is 0.0407. The van der Waals surface area contributed by atoms with Gasteiger partial charge in [-0.3, -0.25) is 0 Å². The van der Waals surface area contributed by atoms with Gasteiger partial charge >= 0.3 is 6.09 Å². The van der Waals surface area contributed by atoms with E-state index in [9.17, 15) is 18.7 Å². The molecule has 1 aromatic carbocycles. The summed E-state index contributed by atoms with van der Waals surface area (Å²) in [5.74, 6) is -2.44. The van der Waals surface area contributed by atoms with E-state index in [1.54, 1.807) is 0 Å². The number of hydrogen-bond acceptors (Lipinski definition) is 3. The second kappa shape index (κ2) is 7.56. The number of rotatable bonds is 6. The maximum Gasteiger partial charge on any atom is 0.404 e. The highest BCUT2D eigenvalue weighted by Crippen LogP contribution is 2.32. The van der Waals surface area contributed by atoms with E-state index >= 15 is 0 Å². The van der Waals surface area contributed by atoms with Crippen LogP contribution in [0.5, 0.6) is 0 Å². The van der Waals surface area contributed by atoms with Gasteiger partial charge in [0.15, 0.2) is 0 Å². The van der Waals surface area contributed by atoms with Crippen LogP contribution in [0.1, 0.15) is 31.9 Å². The van der Waals surface area contributed by atoms with E-state index in [-0.39, 0.29) is 17.5 Å². The monoisotopic (exact) mass is 321 g/mol. The first kappa shape index (κ1) is 17.7. The summed E-state index contributed by atoms with van der Waals surface area (Å²) in [5.41, 5.74) is 4.39. The molecule has 2 atom stereocenters. The van der Waals surface area contributed by atoms with E-state index in [1.165, 1.54) is 0 Å². The van der Waals surface area contributed by atoms with Crippen molar-refractivity contribution in [1.29, 1.82) is 0 Å². The van der Waals surface area contributed by atoms with Gasteiger partial charge in [-0.25, -0.2) is 13.6 Å². The molecule has 1 aromatic rings. The number of hydrogen-bond donors (Lipinski definition) is 2. The van der Waals surface area contributed by atoms with Crippen LogP contribution in [-0.4, -0.2) is 17.8 Å². The maximum atomic E-state index is 13.8. The summed E-state index contributed by atoms with van der Waals surface area (Å²) in [7, 11) is 0. The van der Waals surface area contributed by atoms with Gasteiger partial charge in [0.05, 0.1) is 18.3 Å². The average Bonchev–Trinajstić information content (AvgIpc) is 2.32. The topological polar surface area (TPSA) is 72.5 Å². The van der Waals surface area contributed by atoms with Crippen molar-refractivity contribution in [1.82, 2.24) is 0 Å².